The second-order valence-corrected chi connectivity index (χ2v) is 3.70. The van der Waals surface area contributed by atoms with E-state index in [4.69, 9.17) is 20.3 Å². The van der Waals surface area contributed by atoms with E-state index in [1.165, 1.54) is 6.07 Å². The molecule has 1 aliphatic heterocycles. The van der Waals surface area contributed by atoms with Crippen LogP contribution in [0, 0.1) is 0 Å². The van der Waals surface area contributed by atoms with Gasteiger partial charge in [0.2, 0.25) is 12.7 Å². The van der Waals surface area contributed by atoms with E-state index in [1.807, 2.05) is 0 Å². The Morgan fingerprint density at radius 2 is 2.11 bits per heavy atom. The molecule has 0 saturated heterocycles. The van der Waals surface area contributed by atoms with Gasteiger partial charge in [0.05, 0.1) is 6.54 Å². The number of fused-ring (bicyclic) bond motifs is 1. The van der Waals surface area contributed by atoms with Crippen molar-refractivity contribution in [3.63, 3.8) is 0 Å². The molecule has 2 rings (SSSR count). The summed E-state index contributed by atoms with van der Waals surface area (Å²) < 4.78 is 10.2. The van der Waals surface area contributed by atoms with Crippen LogP contribution < -0.4 is 20.5 Å². The summed E-state index contributed by atoms with van der Waals surface area (Å²) in [5.41, 5.74) is 5.20. The molecule has 0 spiro atoms. The lowest BCUT2D eigenvalue weighted by molar-refractivity contribution is -0.125. The normalized spacial score (nSPS) is 14.1. The van der Waals surface area contributed by atoms with Gasteiger partial charge in [-0.1, -0.05) is 0 Å². The Bertz CT molecular complexity index is 488. The van der Waals surface area contributed by atoms with E-state index in [9.17, 15) is 9.59 Å². The van der Waals surface area contributed by atoms with Gasteiger partial charge in [-0.25, -0.2) is 0 Å². The molecule has 96 valence electrons. The summed E-state index contributed by atoms with van der Waals surface area (Å²) in [6.07, 6.45) is -1.40. The molecular weight excluding hydrogens is 240 g/mol. The molecule has 1 aromatic carbocycles. The number of aliphatic hydroxyl groups excluding tert-OH is 1. The Morgan fingerprint density at radius 1 is 1.39 bits per heavy atom. The van der Waals surface area contributed by atoms with Crippen molar-refractivity contribution < 1.29 is 24.2 Å². The van der Waals surface area contributed by atoms with Gasteiger partial charge in [0.15, 0.2) is 11.5 Å². The number of hydrogen-bond acceptors (Lipinski definition) is 5. The molecule has 0 aromatic heterocycles. The van der Waals surface area contributed by atoms with Gasteiger partial charge < -0.3 is 25.6 Å². The number of carbonyl (C=O) groups excluding carboxylic acids is 2. The smallest absolute Gasteiger partial charge is 0.251 e. The minimum Gasteiger partial charge on any atom is -0.454 e. The first-order chi connectivity index (χ1) is 8.58. The first-order valence-electron chi connectivity index (χ1n) is 5.23. The van der Waals surface area contributed by atoms with E-state index < -0.39 is 17.9 Å². The van der Waals surface area contributed by atoms with Crippen LogP contribution in [0.5, 0.6) is 11.5 Å². The van der Waals surface area contributed by atoms with Crippen molar-refractivity contribution in [1.82, 2.24) is 5.32 Å². The van der Waals surface area contributed by atoms with Crippen molar-refractivity contribution in [2.45, 2.75) is 6.10 Å². The molecule has 0 saturated carbocycles. The van der Waals surface area contributed by atoms with Gasteiger partial charge in [-0.3, -0.25) is 9.59 Å². The molecule has 7 nitrogen and oxygen atoms in total. The highest BCUT2D eigenvalue weighted by atomic mass is 16.7. The van der Waals surface area contributed by atoms with E-state index in [2.05, 4.69) is 5.32 Å². The second kappa shape index (κ2) is 4.92. The third kappa shape index (κ3) is 2.51. The van der Waals surface area contributed by atoms with Crippen LogP contribution in [0.2, 0.25) is 0 Å². The van der Waals surface area contributed by atoms with Crippen LogP contribution in [0.15, 0.2) is 18.2 Å². The van der Waals surface area contributed by atoms with Crippen molar-refractivity contribution in [3.05, 3.63) is 23.8 Å². The van der Waals surface area contributed by atoms with Gasteiger partial charge in [0.25, 0.3) is 5.91 Å². The Balaban J connectivity index is 1.99. The summed E-state index contributed by atoms with van der Waals surface area (Å²) in [5.74, 6) is -0.267. The molecule has 7 heteroatoms. The second-order valence-electron chi connectivity index (χ2n) is 3.70. The first-order valence-corrected chi connectivity index (χ1v) is 5.23. The van der Waals surface area contributed by atoms with Crippen LogP contribution >= 0.6 is 0 Å². The van der Waals surface area contributed by atoms with Crippen LogP contribution in [-0.4, -0.2) is 36.4 Å². The maximum Gasteiger partial charge on any atom is 0.251 e. The predicted molar refractivity (Wildman–Crippen MR) is 60.1 cm³/mol. The average molecular weight is 252 g/mol. The summed E-state index contributed by atoms with van der Waals surface area (Å²) in [7, 11) is 0. The minimum atomic E-state index is -1.40. The molecule has 1 heterocycles. The molecular formula is C11H12N2O5. The van der Waals surface area contributed by atoms with Crippen molar-refractivity contribution in [2.24, 2.45) is 5.73 Å². The number of nitrogens with two attached hydrogens (primary N) is 1. The van der Waals surface area contributed by atoms with Crippen molar-refractivity contribution >= 4 is 11.8 Å². The van der Waals surface area contributed by atoms with Gasteiger partial charge >= 0.3 is 0 Å². The molecule has 1 atom stereocenters. The third-order valence-corrected chi connectivity index (χ3v) is 2.42. The van der Waals surface area contributed by atoms with Gasteiger partial charge in [0, 0.05) is 5.56 Å². The largest absolute Gasteiger partial charge is 0.454 e. The lowest BCUT2D eigenvalue weighted by atomic mass is 10.2. The predicted octanol–water partition coefficient (Wildman–Crippen LogP) is -1.01. The number of benzene rings is 1. The summed E-state index contributed by atoms with van der Waals surface area (Å²) in [4.78, 5) is 22.3. The van der Waals surface area contributed by atoms with Crippen LogP contribution in [0.25, 0.3) is 0 Å². The third-order valence-electron chi connectivity index (χ3n) is 2.42. The Morgan fingerprint density at radius 3 is 2.83 bits per heavy atom. The number of carbonyl (C=O) groups is 2. The summed E-state index contributed by atoms with van der Waals surface area (Å²) in [6, 6.07) is 4.69. The van der Waals surface area contributed by atoms with E-state index in [0.29, 0.717) is 17.1 Å². The molecule has 1 aromatic rings. The zero-order chi connectivity index (χ0) is 13.1. The first kappa shape index (κ1) is 12.2. The van der Waals surface area contributed by atoms with Gasteiger partial charge in [-0.05, 0) is 18.2 Å². The fourth-order valence-corrected chi connectivity index (χ4v) is 1.43. The molecule has 0 radical (unpaired) electrons. The number of nitrogens with one attached hydrogen (secondary N) is 1. The SMILES string of the molecule is NC(=O)C(O)CNC(=O)c1ccc2c(c1)OCO2. The van der Waals surface area contributed by atoms with E-state index in [0.717, 1.165) is 0 Å². The fraction of sp³-hybridized carbons (Fsp3) is 0.273. The van der Waals surface area contributed by atoms with E-state index >= 15 is 0 Å². The van der Waals surface area contributed by atoms with Crippen LogP contribution in [0.4, 0.5) is 0 Å². The highest BCUT2D eigenvalue weighted by molar-refractivity contribution is 5.95. The van der Waals surface area contributed by atoms with Crippen molar-refractivity contribution in [1.29, 1.82) is 0 Å². The number of aliphatic hydroxyl groups is 1. The number of ether oxygens (including phenoxy) is 2. The Labute approximate surface area is 102 Å². The van der Waals surface area contributed by atoms with Gasteiger partial charge in [0.1, 0.15) is 6.10 Å². The highest BCUT2D eigenvalue weighted by Gasteiger charge is 2.17. The molecule has 18 heavy (non-hydrogen) atoms. The summed E-state index contributed by atoms with van der Waals surface area (Å²) in [6.45, 7) is -0.108. The van der Waals surface area contributed by atoms with Crippen LogP contribution in [-0.2, 0) is 4.79 Å². The Kier molecular flexibility index (Phi) is 3.33. The van der Waals surface area contributed by atoms with Crippen LogP contribution in [0.3, 0.4) is 0 Å². The lowest BCUT2D eigenvalue weighted by Crippen LogP contribution is -2.39. The monoisotopic (exact) mass is 252 g/mol. The Hall–Kier alpha value is -2.28. The molecule has 4 N–H and O–H groups in total. The van der Waals surface area contributed by atoms with Gasteiger partial charge in [-0.15, -0.1) is 0 Å². The zero-order valence-electron chi connectivity index (χ0n) is 9.38. The number of amides is 2. The molecule has 1 unspecified atom stereocenters. The molecule has 0 aliphatic carbocycles. The fourth-order valence-electron chi connectivity index (χ4n) is 1.43. The zero-order valence-corrected chi connectivity index (χ0v) is 9.38. The van der Waals surface area contributed by atoms with Gasteiger partial charge in [-0.2, -0.15) is 0 Å². The van der Waals surface area contributed by atoms with Crippen LogP contribution in [0.1, 0.15) is 10.4 Å². The molecule has 0 fully saturated rings. The summed E-state index contributed by atoms with van der Waals surface area (Å²) in [5, 5.41) is 11.5. The summed E-state index contributed by atoms with van der Waals surface area (Å²) >= 11 is 0. The quantitative estimate of drug-likeness (QED) is 0.636. The molecule has 2 amide bonds. The number of primary amides is 1. The molecule has 0 bridgehead atoms. The van der Waals surface area contributed by atoms with E-state index in [-0.39, 0.29) is 13.3 Å². The minimum absolute atomic E-state index is 0.126. The maximum absolute atomic E-state index is 11.7. The number of hydrogen-bond donors (Lipinski definition) is 3. The average Bonchev–Trinajstić information content (AvgIpc) is 2.82. The van der Waals surface area contributed by atoms with Crippen molar-refractivity contribution in [3.8, 4) is 11.5 Å². The number of rotatable bonds is 4. The maximum atomic E-state index is 11.7. The molecule has 1 aliphatic rings. The lowest BCUT2D eigenvalue weighted by Gasteiger charge is -2.08. The van der Waals surface area contributed by atoms with Crippen molar-refractivity contribution in [2.75, 3.05) is 13.3 Å². The topological polar surface area (TPSA) is 111 Å². The standard InChI is InChI=1S/C11H12N2O5/c12-10(15)7(14)4-13-11(16)6-1-2-8-9(3-6)18-5-17-8/h1-3,7,14H,4-5H2,(H2,12,15)(H,13,16). The van der Waals surface area contributed by atoms with E-state index in [1.54, 1.807) is 12.1 Å². The highest BCUT2D eigenvalue weighted by Crippen LogP contribution is 2.32.